The molecule has 1 atom stereocenters. The zero-order valence-electron chi connectivity index (χ0n) is 15.5. The lowest BCUT2D eigenvalue weighted by atomic mass is 9.86. The first-order valence-electron chi connectivity index (χ1n) is 8.82. The minimum absolute atomic E-state index is 0.111. The molecule has 2 aliphatic heterocycles. The summed E-state index contributed by atoms with van der Waals surface area (Å²) in [6, 6.07) is 10.2. The van der Waals surface area contributed by atoms with Crippen LogP contribution in [-0.2, 0) is 0 Å². The van der Waals surface area contributed by atoms with Gasteiger partial charge in [-0.05, 0) is 37.6 Å². The highest BCUT2D eigenvalue weighted by Crippen LogP contribution is 2.53. The molecule has 1 unspecified atom stereocenters. The van der Waals surface area contributed by atoms with E-state index < -0.39 is 0 Å². The molecule has 2 aromatic carbocycles. The van der Waals surface area contributed by atoms with E-state index in [4.69, 9.17) is 9.47 Å². The summed E-state index contributed by atoms with van der Waals surface area (Å²) in [4.78, 5) is 0. The van der Waals surface area contributed by atoms with Gasteiger partial charge < -0.3 is 20.1 Å². The van der Waals surface area contributed by atoms with Crippen molar-refractivity contribution in [1.29, 1.82) is 0 Å². The molecule has 0 saturated heterocycles. The quantitative estimate of drug-likeness (QED) is 0.719. The summed E-state index contributed by atoms with van der Waals surface area (Å²) in [5, 5.41) is 7.10. The summed E-state index contributed by atoms with van der Waals surface area (Å²) in [6.45, 7) is 12.3. The van der Waals surface area contributed by atoms with Gasteiger partial charge in [0, 0.05) is 17.7 Å². The Bertz CT molecular complexity index is 915. The van der Waals surface area contributed by atoms with Crippen LogP contribution in [-0.4, -0.2) is 12.6 Å². The van der Waals surface area contributed by atoms with Gasteiger partial charge in [0.05, 0.1) is 29.6 Å². The second-order valence-corrected chi connectivity index (χ2v) is 7.27. The molecule has 2 aliphatic rings. The van der Waals surface area contributed by atoms with Gasteiger partial charge >= 0.3 is 0 Å². The number of hydrogen-bond acceptors (Lipinski definition) is 4. The maximum absolute atomic E-state index is 6.35. The second-order valence-electron chi connectivity index (χ2n) is 7.27. The molecular formula is C22H24N2O2. The molecule has 0 amide bonds. The monoisotopic (exact) mass is 348 g/mol. The van der Waals surface area contributed by atoms with E-state index >= 15 is 0 Å². The van der Waals surface area contributed by atoms with Crippen LogP contribution >= 0.6 is 0 Å². The fraction of sp³-hybridized carbons (Fsp3) is 0.273. The van der Waals surface area contributed by atoms with E-state index in [-0.39, 0.29) is 11.6 Å². The third kappa shape index (κ3) is 2.37. The molecule has 0 aliphatic carbocycles. The summed E-state index contributed by atoms with van der Waals surface area (Å²) >= 11 is 0. The number of methoxy groups -OCH3 is 1. The molecule has 4 nitrogen and oxygen atoms in total. The number of hydrogen-bond donors (Lipinski definition) is 2. The van der Waals surface area contributed by atoms with Crippen molar-refractivity contribution < 1.29 is 9.47 Å². The summed E-state index contributed by atoms with van der Waals surface area (Å²) in [5.41, 5.74) is 6.01. The third-order valence-corrected chi connectivity index (χ3v) is 5.17. The zero-order valence-corrected chi connectivity index (χ0v) is 15.5. The highest BCUT2D eigenvalue weighted by Gasteiger charge is 2.35. The molecule has 0 saturated carbocycles. The average Bonchev–Trinajstić information content (AvgIpc) is 2.61. The Morgan fingerprint density at radius 1 is 1.27 bits per heavy atom. The largest absolute Gasteiger partial charge is 0.496 e. The Labute approximate surface area is 154 Å². The molecule has 2 aromatic rings. The Kier molecular flexibility index (Phi) is 3.72. The van der Waals surface area contributed by atoms with Crippen molar-refractivity contribution in [3.8, 4) is 22.6 Å². The molecule has 26 heavy (non-hydrogen) atoms. The topological polar surface area (TPSA) is 42.5 Å². The molecule has 0 radical (unpaired) electrons. The molecule has 4 heteroatoms. The van der Waals surface area contributed by atoms with Crippen LogP contribution in [0.2, 0.25) is 0 Å². The normalized spacial score (nSPS) is 19.0. The lowest BCUT2D eigenvalue weighted by Gasteiger charge is -2.40. The van der Waals surface area contributed by atoms with Gasteiger partial charge in [-0.2, -0.15) is 0 Å². The summed E-state index contributed by atoms with van der Waals surface area (Å²) < 4.78 is 12.0. The van der Waals surface area contributed by atoms with Gasteiger partial charge in [0.25, 0.3) is 0 Å². The number of rotatable bonds is 3. The average molecular weight is 348 g/mol. The van der Waals surface area contributed by atoms with Gasteiger partial charge in [0.2, 0.25) is 0 Å². The molecule has 2 N–H and O–H groups in total. The Morgan fingerprint density at radius 2 is 2.08 bits per heavy atom. The number of ether oxygens (including phenoxy) is 2. The van der Waals surface area contributed by atoms with Crippen LogP contribution in [0.1, 0.15) is 31.9 Å². The number of fused-ring (bicyclic) bond motifs is 5. The van der Waals surface area contributed by atoms with Crippen molar-refractivity contribution in [2.45, 2.75) is 31.9 Å². The predicted octanol–water partition coefficient (Wildman–Crippen LogP) is 5.50. The maximum atomic E-state index is 6.35. The fourth-order valence-electron chi connectivity index (χ4n) is 3.70. The first-order valence-corrected chi connectivity index (χ1v) is 8.82. The van der Waals surface area contributed by atoms with Gasteiger partial charge in [-0.1, -0.05) is 24.8 Å². The molecular weight excluding hydrogens is 324 g/mol. The Morgan fingerprint density at radius 3 is 2.81 bits per heavy atom. The third-order valence-electron chi connectivity index (χ3n) is 5.17. The van der Waals surface area contributed by atoms with Crippen molar-refractivity contribution in [1.82, 2.24) is 0 Å². The van der Waals surface area contributed by atoms with E-state index in [1.54, 1.807) is 7.11 Å². The van der Waals surface area contributed by atoms with Crippen molar-refractivity contribution >= 4 is 11.4 Å². The van der Waals surface area contributed by atoms with E-state index in [0.717, 1.165) is 51.7 Å². The fourth-order valence-corrected chi connectivity index (χ4v) is 3.70. The summed E-state index contributed by atoms with van der Waals surface area (Å²) in [7, 11) is 1.69. The van der Waals surface area contributed by atoms with Gasteiger partial charge in [-0.25, -0.2) is 0 Å². The smallest absolute Gasteiger partial charge is 0.131 e. The van der Waals surface area contributed by atoms with Crippen molar-refractivity contribution in [3.63, 3.8) is 0 Å². The van der Waals surface area contributed by atoms with E-state index in [1.807, 2.05) is 24.3 Å². The Balaban J connectivity index is 1.98. The predicted molar refractivity (Wildman–Crippen MR) is 107 cm³/mol. The highest BCUT2D eigenvalue weighted by molar-refractivity contribution is 5.91. The molecule has 0 aromatic heterocycles. The van der Waals surface area contributed by atoms with Gasteiger partial charge in [-0.3, -0.25) is 0 Å². The highest BCUT2D eigenvalue weighted by atomic mass is 16.5. The number of benzene rings is 2. The van der Waals surface area contributed by atoms with Crippen LogP contribution in [0, 0.1) is 0 Å². The first kappa shape index (κ1) is 16.6. The molecule has 0 fully saturated rings. The van der Waals surface area contributed by atoms with Crippen LogP contribution in [0.15, 0.2) is 55.3 Å². The van der Waals surface area contributed by atoms with E-state index in [0.29, 0.717) is 0 Å². The van der Waals surface area contributed by atoms with Gasteiger partial charge in [0.15, 0.2) is 0 Å². The second kappa shape index (κ2) is 5.84. The van der Waals surface area contributed by atoms with E-state index in [2.05, 4.69) is 49.8 Å². The van der Waals surface area contributed by atoms with E-state index in [9.17, 15) is 0 Å². The lowest BCUT2D eigenvalue weighted by Crippen LogP contribution is -2.40. The van der Waals surface area contributed by atoms with Crippen LogP contribution < -0.4 is 20.1 Å². The number of nitrogens with one attached hydrogen (secondary N) is 2. The standard InChI is InChI=1S/C22H24N2O2/c1-6-8-17-20-14(19-16(25-5)9-7-10-18(19)26-17)11-12-15-21(20)23-13(2)22(3,4)24-15/h6-7,9-12,17,23-24H,1-2,8H2,3-5H3. The molecule has 0 spiro atoms. The van der Waals surface area contributed by atoms with Crippen molar-refractivity contribution in [2.75, 3.05) is 17.7 Å². The minimum atomic E-state index is -0.222. The van der Waals surface area contributed by atoms with Gasteiger partial charge in [0.1, 0.15) is 17.6 Å². The maximum Gasteiger partial charge on any atom is 0.131 e. The van der Waals surface area contributed by atoms with Crippen molar-refractivity contribution in [2.24, 2.45) is 0 Å². The lowest BCUT2D eigenvalue weighted by molar-refractivity contribution is 0.205. The number of anilines is 2. The minimum Gasteiger partial charge on any atom is -0.496 e. The first-order chi connectivity index (χ1) is 12.5. The van der Waals surface area contributed by atoms with Crippen LogP contribution in [0.3, 0.4) is 0 Å². The zero-order chi connectivity index (χ0) is 18.5. The molecule has 4 rings (SSSR count). The van der Waals surface area contributed by atoms with E-state index in [1.165, 1.54) is 0 Å². The van der Waals surface area contributed by atoms with Crippen LogP contribution in [0.5, 0.6) is 11.5 Å². The van der Waals surface area contributed by atoms with Gasteiger partial charge in [-0.15, -0.1) is 6.58 Å². The van der Waals surface area contributed by atoms with Crippen LogP contribution in [0.4, 0.5) is 11.4 Å². The molecule has 134 valence electrons. The SMILES string of the molecule is C=CCC1Oc2cccc(OC)c2-c2ccc3c(c21)NC(=C)C(C)(C)N3. The molecule has 2 heterocycles. The summed E-state index contributed by atoms with van der Waals surface area (Å²) in [6.07, 6.45) is 2.51. The summed E-state index contributed by atoms with van der Waals surface area (Å²) in [5.74, 6) is 1.65. The van der Waals surface area contributed by atoms with Crippen molar-refractivity contribution in [3.05, 3.63) is 60.8 Å². The Hall–Kier alpha value is -2.88. The molecule has 0 bridgehead atoms. The van der Waals surface area contributed by atoms with Crippen LogP contribution in [0.25, 0.3) is 11.1 Å².